The van der Waals surface area contributed by atoms with Crippen LogP contribution < -0.4 is 5.32 Å². The zero-order valence-corrected chi connectivity index (χ0v) is 11.8. The fourth-order valence-electron chi connectivity index (χ4n) is 3.04. The molecule has 1 aromatic rings. The largest absolute Gasteiger partial charge is 0.369 e. The minimum Gasteiger partial charge on any atom is -0.369 e. The summed E-state index contributed by atoms with van der Waals surface area (Å²) in [5.74, 6) is 1.88. The van der Waals surface area contributed by atoms with Crippen LogP contribution >= 0.6 is 15.9 Å². The molecule has 94 valence electrons. The van der Waals surface area contributed by atoms with Crippen LogP contribution in [0.5, 0.6) is 0 Å². The molecule has 3 rings (SSSR count). The number of halogens is 1. The zero-order chi connectivity index (χ0) is 11.7. The predicted molar refractivity (Wildman–Crippen MR) is 73.5 cm³/mol. The van der Waals surface area contributed by atoms with Crippen LogP contribution in [0.3, 0.4) is 0 Å². The average molecular weight is 298 g/mol. The number of nitrogens with one attached hydrogen (secondary N) is 1. The molecular weight excluding hydrogens is 278 g/mol. The molecule has 0 spiro atoms. The van der Waals surface area contributed by atoms with Crippen LogP contribution in [0.1, 0.15) is 56.6 Å². The minimum atomic E-state index is 0.673. The Bertz CT molecular complexity index is 392. The van der Waals surface area contributed by atoms with Gasteiger partial charge in [-0.3, -0.25) is 0 Å². The van der Waals surface area contributed by atoms with Gasteiger partial charge in [-0.25, -0.2) is 4.68 Å². The number of aromatic nitrogens is 2. The quantitative estimate of drug-likeness (QED) is 0.797. The summed E-state index contributed by atoms with van der Waals surface area (Å²) in [7, 11) is 0. The number of hydrogen-bond donors (Lipinski definition) is 1. The molecule has 0 unspecified atom stereocenters. The van der Waals surface area contributed by atoms with E-state index in [1.165, 1.54) is 60.9 Å². The predicted octanol–water partition coefficient (Wildman–Crippen LogP) is 3.90. The van der Waals surface area contributed by atoms with Crippen LogP contribution in [0.25, 0.3) is 0 Å². The van der Waals surface area contributed by atoms with E-state index in [9.17, 15) is 0 Å². The molecule has 2 aliphatic rings. The molecule has 4 heteroatoms. The van der Waals surface area contributed by atoms with Crippen LogP contribution in [0.15, 0.2) is 4.47 Å². The summed E-state index contributed by atoms with van der Waals surface area (Å²) < 4.78 is 3.37. The fourth-order valence-corrected chi connectivity index (χ4v) is 3.79. The third-order valence-electron chi connectivity index (χ3n) is 4.00. The lowest BCUT2D eigenvalue weighted by atomic mass is 9.97. The van der Waals surface area contributed by atoms with Crippen LogP contribution in [-0.2, 0) is 6.54 Å². The molecule has 1 aliphatic carbocycles. The Morgan fingerprint density at radius 2 is 1.88 bits per heavy atom. The maximum Gasteiger partial charge on any atom is 0.138 e. The minimum absolute atomic E-state index is 0.673. The highest BCUT2D eigenvalue weighted by Crippen LogP contribution is 2.38. The molecule has 1 saturated carbocycles. The van der Waals surface area contributed by atoms with Gasteiger partial charge in [-0.05, 0) is 35.2 Å². The molecule has 0 radical (unpaired) electrons. The lowest BCUT2D eigenvalue weighted by Crippen LogP contribution is -2.17. The van der Waals surface area contributed by atoms with Crippen LogP contribution in [0.4, 0.5) is 5.82 Å². The smallest absolute Gasteiger partial charge is 0.138 e. The second kappa shape index (κ2) is 5.01. The SMILES string of the molecule is Brc1c(C2CCCCCC2)nn2c1NCCC2. The summed E-state index contributed by atoms with van der Waals surface area (Å²) in [6, 6.07) is 0. The topological polar surface area (TPSA) is 29.9 Å². The first-order chi connectivity index (χ1) is 8.36. The molecular formula is C13H20BrN3. The van der Waals surface area contributed by atoms with Gasteiger partial charge in [0.1, 0.15) is 5.82 Å². The molecule has 3 nitrogen and oxygen atoms in total. The fraction of sp³-hybridized carbons (Fsp3) is 0.769. The van der Waals surface area contributed by atoms with Gasteiger partial charge in [-0.2, -0.15) is 5.10 Å². The van der Waals surface area contributed by atoms with Crippen molar-refractivity contribution >= 4 is 21.7 Å². The van der Waals surface area contributed by atoms with Gasteiger partial charge in [0.15, 0.2) is 0 Å². The standard InChI is InChI=1S/C13H20BrN3/c14-11-12(10-6-3-1-2-4-7-10)16-17-9-5-8-15-13(11)17/h10,15H,1-9H2. The molecule has 2 heterocycles. The molecule has 1 N–H and O–H groups in total. The molecule has 0 saturated heterocycles. The molecule has 0 aromatic carbocycles. The normalized spacial score (nSPS) is 21.7. The van der Waals surface area contributed by atoms with Crippen molar-refractivity contribution in [2.24, 2.45) is 0 Å². The Hall–Kier alpha value is -0.510. The lowest BCUT2D eigenvalue weighted by Gasteiger charge is -2.15. The van der Waals surface area contributed by atoms with Gasteiger partial charge >= 0.3 is 0 Å². The molecule has 1 fully saturated rings. The van der Waals surface area contributed by atoms with Crippen LogP contribution in [0, 0.1) is 0 Å². The number of hydrogen-bond acceptors (Lipinski definition) is 2. The van der Waals surface area contributed by atoms with Gasteiger partial charge in [0.25, 0.3) is 0 Å². The van der Waals surface area contributed by atoms with Crippen molar-refractivity contribution in [3.63, 3.8) is 0 Å². The first kappa shape index (κ1) is 11.6. The second-order valence-electron chi connectivity index (χ2n) is 5.24. The first-order valence-electron chi connectivity index (χ1n) is 6.86. The highest BCUT2D eigenvalue weighted by atomic mass is 79.9. The first-order valence-corrected chi connectivity index (χ1v) is 7.65. The number of nitrogens with zero attached hydrogens (tertiary/aromatic N) is 2. The molecule has 1 aromatic heterocycles. The monoisotopic (exact) mass is 297 g/mol. The summed E-state index contributed by atoms with van der Waals surface area (Å²) >= 11 is 3.75. The van der Waals surface area contributed by atoms with Gasteiger partial charge in [0, 0.05) is 19.0 Å². The van der Waals surface area contributed by atoms with E-state index in [2.05, 4.69) is 25.9 Å². The van der Waals surface area contributed by atoms with Crippen molar-refractivity contribution < 1.29 is 0 Å². The number of rotatable bonds is 1. The zero-order valence-electron chi connectivity index (χ0n) is 10.2. The average Bonchev–Trinajstić information content (AvgIpc) is 2.57. The maximum atomic E-state index is 4.82. The highest BCUT2D eigenvalue weighted by Gasteiger charge is 2.24. The molecule has 0 atom stereocenters. The van der Waals surface area contributed by atoms with Gasteiger partial charge in [-0.1, -0.05) is 25.7 Å². The third kappa shape index (κ3) is 2.24. The third-order valence-corrected chi connectivity index (χ3v) is 4.78. The second-order valence-corrected chi connectivity index (χ2v) is 6.03. The van der Waals surface area contributed by atoms with Crippen molar-refractivity contribution in [3.8, 4) is 0 Å². The Morgan fingerprint density at radius 1 is 1.12 bits per heavy atom. The van der Waals surface area contributed by atoms with Gasteiger partial charge in [0.2, 0.25) is 0 Å². The molecule has 0 amide bonds. The van der Waals surface area contributed by atoms with E-state index in [4.69, 9.17) is 5.10 Å². The number of fused-ring (bicyclic) bond motifs is 1. The summed E-state index contributed by atoms with van der Waals surface area (Å²) in [6.45, 7) is 2.14. The van der Waals surface area contributed by atoms with Crippen molar-refractivity contribution in [3.05, 3.63) is 10.2 Å². The van der Waals surface area contributed by atoms with E-state index in [1.54, 1.807) is 0 Å². The number of aryl methyl sites for hydroxylation is 1. The van der Waals surface area contributed by atoms with E-state index < -0.39 is 0 Å². The summed E-state index contributed by atoms with van der Waals surface area (Å²) in [4.78, 5) is 0. The van der Waals surface area contributed by atoms with E-state index >= 15 is 0 Å². The molecule has 0 bridgehead atoms. The molecule has 17 heavy (non-hydrogen) atoms. The van der Waals surface area contributed by atoms with Crippen LogP contribution in [-0.4, -0.2) is 16.3 Å². The van der Waals surface area contributed by atoms with E-state index in [-0.39, 0.29) is 0 Å². The van der Waals surface area contributed by atoms with Gasteiger partial charge < -0.3 is 5.32 Å². The Morgan fingerprint density at radius 3 is 2.59 bits per heavy atom. The maximum absolute atomic E-state index is 4.82. The van der Waals surface area contributed by atoms with Gasteiger partial charge in [-0.15, -0.1) is 0 Å². The van der Waals surface area contributed by atoms with E-state index in [1.807, 2.05) is 0 Å². The Labute approximate surface area is 111 Å². The Balaban J connectivity index is 1.88. The highest BCUT2D eigenvalue weighted by molar-refractivity contribution is 9.10. The van der Waals surface area contributed by atoms with Crippen LogP contribution in [0.2, 0.25) is 0 Å². The summed E-state index contributed by atoms with van der Waals surface area (Å²) in [5, 5.41) is 8.28. The van der Waals surface area contributed by atoms with Crippen molar-refractivity contribution in [1.29, 1.82) is 0 Å². The Kier molecular flexibility index (Phi) is 3.41. The van der Waals surface area contributed by atoms with Gasteiger partial charge in [0.05, 0.1) is 10.2 Å². The summed E-state index contributed by atoms with van der Waals surface area (Å²) in [5.41, 5.74) is 1.30. The molecule has 1 aliphatic heterocycles. The summed E-state index contributed by atoms with van der Waals surface area (Å²) in [6.07, 6.45) is 9.36. The van der Waals surface area contributed by atoms with E-state index in [0.29, 0.717) is 5.92 Å². The van der Waals surface area contributed by atoms with Crippen molar-refractivity contribution in [1.82, 2.24) is 9.78 Å². The number of anilines is 1. The van der Waals surface area contributed by atoms with E-state index in [0.717, 1.165) is 13.1 Å². The lowest BCUT2D eigenvalue weighted by molar-refractivity contribution is 0.529. The van der Waals surface area contributed by atoms with Crippen molar-refractivity contribution in [2.45, 2.75) is 57.4 Å². The van der Waals surface area contributed by atoms with Crippen molar-refractivity contribution in [2.75, 3.05) is 11.9 Å².